The zero-order chi connectivity index (χ0) is 15.8. The van der Waals surface area contributed by atoms with Crippen LogP contribution in [0.15, 0.2) is 24.3 Å². The Labute approximate surface area is 142 Å². The lowest BCUT2D eigenvalue weighted by Crippen LogP contribution is -2.32. The average molecular weight is 343 g/mol. The fourth-order valence-electron chi connectivity index (χ4n) is 2.63. The Morgan fingerprint density at radius 3 is 2.23 bits per heavy atom. The molecule has 124 valence electrons. The second kappa shape index (κ2) is 9.06. The highest BCUT2D eigenvalue weighted by Crippen LogP contribution is 2.48. The first-order valence-electron chi connectivity index (χ1n) is 7.68. The van der Waals surface area contributed by atoms with Crippen LogP contribution in [-0.2, 0) is 15.9 Å². The number of thioether (sulfide) groups is 2. The van der Waals surface area contributed by atoms with E-state index in [9.17, 15) is 0 Å². The quantitative estimate of drug-likeness (QED) is 0.660. The van der Waals surface area contributed by atoms with Gasteiger partial charge in [-0.2, -0.15) is 0 Å². The molecule has 1 saturated heterocycles. The van der Waals surface area contributed by atoms with Gasteiger partial charge in [-0.05, 0) is 48.5 Å². The van der Waals surface area contributed by atoms with Crippen molar-refractivity contribution in [3.05, 3.63) is 29.8 Å². The van der Waals surface area contributed by atoms with E-state index in [1.807, 2.05) is 12.1 Å². The molecule has 22 heavy (non-hydrogen) atoms. The number of benzene rings is 1. The topological polar surface area (TPSA) is 27.7 Å². The van der Waals surface area contributed by atoms with Crippen molar-refractivity contribution in [2.45, 2.75) is 36.1 Å². The van der Waals surface area contributed by atoms with Crippen molar-refractivity contribution in [2.75, 3.05) is 32.8 Å². The van der Waals surface area contributed by atoms with Gasteiger partial charge in [0.15, 0.2) is 6.29 Å². The van der Waals surface area contributed by atoms with Crippen LogP contribution in [0.25, 0.3) is 0 Å². The minimum absolute atomic E-state index is 0.117. The fourth-order valence-corrected chi connectivity index (χ4v) is 5.96. The van der Waals surface area contributed by atoms with Gasteiger partial charge in [-0.1, -0.05) is 12.1 Å². The molecular weight excluding hydrogens is 316 g/mol. The highest BCUT2D eigenvalue weighted by molar-refractivity contribution is 8.18. The highest BCUT2D eigenvalue weighted by Gasteiger charge is 2.36. The SMILES string of the molecule is COc1ccc(CCC2(CC(OC)OC)SCCCS2)cc1. The molecule has 0 aromatic heterocycles. The predicted octanol–water partition coefficient (Wildman–Crippen LogP) is 4.20. The number of rotatable bonds is 8. The fraction of sp³-hybridized carbons (Fsp3) is 0.647. The number of methoxy groups -OCH3 is 3. The molecule has 0 saturated carbocycles. The monoisotopic (exact) mass is 342 g/mol. The first-order chi connectivity index (χ1) is 10.7. The van der Waals surface area contributed by atoms with Crippen molar-refractivity contribution in [1.29, 1.82) is 0 Å². The molecule has 0 bridgehead atoms. The Hall–Kier alpha value is -0.360. The van der Waals surface area contributed by atoms with E-state index in [4.69, 9.17) is 14.2 Å². The van der Waals surface area contributed by atoms with Gasteiger partial charge in [-0.3, -0.25) is 0 Å². The standard InChI is InChI=1S/C17H26O3S2/c1-18-15-7-5-14(6-8-15)9-10-17(13-16(19-2)20-3)21-11-4-12-22-17/h5-8,16H,4,9-13H2,1-3H3. The third-order valence-electron chi connectivity index (χ3n) is 3.98. The van der Waals surface area contributed by atoms with E-state index in [1.54, 1.807) is 21.3 Å². The maximum atomic E-state index is 5.44. The van der Waals surface area contributed by atoms with Gasteiger partial charge in [0.2, 0.25) is 0 Å². The smallest absolute Gasteiger partial charge is 0.158 e. The molecule has 0 unspecified atom stereocenters. The van der Waals surface area contributed by atoms with E-state index in [2.05, 4.69) is 35.7 Å². The van der Waals surface area contributed by atoms with Crippen LogP contribution >= 0.6 is 23.5 Å². The normalized spacial score (nSPS) is 17.6. The molecule has 1 aliphatic rings. The molecule has 1 fully saturated rings. The van der Waals surface area contributed by atoms with Gasteiger partial charge in [0.25, 0.3) is 0 Å². The summed E-state index contributed by atoms with van der Waals surface area (Å²) < 4.78 is 16.3. The molecule has 1 aliphatic heterocycles. The molecule has 0 N–H and O–H groups in total. The molecule has 1 aromatic rings. The Kier molecular flexibility index (Phi) is 7.41. The summed E-state index contributed by atoms with van der Waals surface area (Å²) in [6.45, 7) is 0. The molecule has 3 nitrogen and oxygen atoms in total. The zero-order valence-electron chi connectivity index (χ0n) is 13.7. The van der Waals surface area contributed by atoms with Crippen molar-refractivity contribution < 1.29 is 14.2 Å². The Balaban J connectivity index is 1.99. The van der Waals surface area contributed by atoms with Crippen LogP contribution in [0.1, 0.15) is 24.8 Å². The van der Waals surface area contributed by atoms with Crippen LogP contribution in [0, 0.1) is 0 Å². The summed E-state index contributed by atoms with van der Waals surface area (Å²) in [7, 11) is 5.15. The lowest BCUT2D eigenvalue weighted by atomic mass is 10.1. The lowest BCUT2D eigenvalue weighted by molar-refractivity contribution is -0.107. The second-order valence-corrected chi connectivity index (χ2v) is 8.63. The second-order valence-electron chi connectivity index (χ2n) is 5.41. The van der Waals surface area contributed by atoms with Gasteiger partial charge in [0.1, 0.15) is 5.75 Å². The van der Waals surface area contributed by atoms with Crippen molar-refractivity contribution in [2.24, 2.45) is 0 Å². The van der Waals surface area contributed by atoms with Crippen LogP contribution in [0.5, 0.6) is 5.75 Å². The summed E-state index contributed by atoms with van der Waals surface area (Å²) >= 11 is 4.15. The van der Waals surface area contributed by atoms with E-state index < -0.39 is 0 Å². The van der Waals surface area contributed by atoms with Crippen LogP contribution in [0.4, 0.5) is 0 Å². The number of ether oxygens (including phenoxy) is 3. The molecule has 0 amide bonds. The summed E-state index contributed by atoms with van der Waals surface area (Å²) in [6.07, 6.45) is 4.33. The van der Waals surface area contributed by atoms with Crippen LogP contribution in [0.3, 0.4) is 0 Å². The van der Waals surface area contributed by atoms with Crippen LogP contribution in [0.2, 0.25) is 0 Å². The van der Waals surface area contributed by atoms with E-state index in [0.29, 0.717) is 0 Å². The summed E-state index contributed by atoms with van der Waals surface area (Å²) in [5, 5.41) is 0. The van der Waals surface area contributed by atoms with E-state index in [-0.39, 0.29) is 10.4 Å². The third-order valence-corrected chi connectivity index (χ3v) is 7.46. The molecule has 0 aliphatic carbocycles. The predicted molar refractivity (Wildman–Crippen MR) is 96.0 cm³/mol. The van der Waals surface area contributed by atoms with Crippen LogP contribution < -0.4 is 4.74 Å². The average Bonchev–Trinajstić information content (AvgIpc) is 2.59. The number of hydrogen-bond acceptors (Lipinski definition) is 5. The van der Waals surface area contributed by atoms with Crippen molar-refractivity contribution >= 4 is 23.5 Å². The Morgan fingerprint density at radius 1 is 1.05 bits per heavy atom. The lowest BCUT2D eigenvalue weighted by Gasteiger charge is -2.38. The largest absolute Gasteiger partial charge is 0.497 e. The van der Waals surface area contributed by atoms with E-state index in [0.717, 1.165) is 25.0 Å². The molecule has 0 atom stereocenters. The summed E-state index contributed by atoms with van der Waals surface area (Å²) in [4.78, 5) is 0. The minimum Gasteiger partial charge on any atom is -0.497 e. The van der Waals surface area contributed by atoms with E-state index in [1.165, 1.54) is 23.5 Å². The molecule has 1 heterocycles. The molecule has 5 heteroatoms. The molecular formula is C17H26O3S2. The Morgan fingerprint density at radius 2 is 1.68 bits per heavy atom. The minimum atomic E-state index is -0.117. The molecule has 2 rings (SSSR count). The van der Waals surface area contributed by atoms with Gasteiger partial charge >= 0.3 is 0 Å². The number of hydrogen-bond donors (Lipinski definition) is 0. The maximum Gasteiger partial charge on any atom is 0.158 e. The van der Waals surface area contributed by atoms with Gasteiger partial charge < -0.3 is 14.2 Å². The summed E-state index contributed by atoms with van der Waals surface area (Å²) in [5.41, 5.74) is 1.36. The molecule has 0 spiro atoms. The zero-order valence-corrected chi connectivity index (χ0v) is 15.3. The van der Waals surface area contributed by atoms with Gasteiger partial charge in [-0.15, -0.1) is 23.5 Å². The van der Waals surface area contributed by atoms with Crippen molar-refractivity contribution in [3.8, 4) is 5.75 Å². The molecule has 0 radical (unpaired) electrons. The van der Waals surface area contributed by atoms with Gasteiger partial charge in [-0.25, -0.2) is 0 Å². The Bertz CT molecular complexity index is 426. The first kappa shape index (κ1) is 18.0. The maximum absolute atomic E-state index is 5.44. The van der Waals surface area contributed by atoms with Gasteiger partial charge in [0, 0.05) is 20.6 Å². The summed E-state index contributed by atoms with van der Waals surface area (Å²) in [5.74, 6) is 3.38. The van der Waals surface area contributed by atoms with Crippen molar-refractivity contribution in [1.82, 2.24) is 0 Å². The third kappa shape index (κ3) is 5.08. The van der Waals surface area contributed by atoms with Crippen LogP contribution in [-0.4, -0.2) is 43.2 Å². The number of aryl methyl sites for hydroxylation is 1. The van der Waals surface area contributed by atoms with E-state index >= 15 is 0 Å². The first-order valence-corrected chi connectivity index (χ1v) is 9.65. The summed E-state index contributed by atoms with van der Waals surface area (Å²) in [6, 6.07) is 8.40. The van der Waals surface area contributed by atoms with Gasteiger partial charge in [0.05, 0.1) is 11.2 Å². The van der Waals surface area contributed by atoms with Crippen molar-refractivity contribution in [3.63, 3.8) is 0 Å². The highest BCUT2D eigenvalue weighted by atomic mass is 32.2. The molecule has 1 aromatic carbocycles.